The van der Waals surface area contributed by atoms with Gasteiger partial charge in [0.25, 0.3) is 5.91 Å². The van der Waals surface area contributed by atoms with Gasteiger partial charge in [0.2, 0.25) is 0 Å². The normalized spacial score (nSPS) is 10.2. The fourth-order valence-corrected chi connectivity index (χ4v) is 1.97. The molecule has 0 fully saturated rings. The lowest BCUT2D eigenvalue weighted by molar-refractivity contribution is 0.102. The predicted molar refractivity (Wildman–Crippen MR) is 83.3 cm³/mol. The van der Waals surface area contributed by atoms with Gasteiger partial charge in [-0.1, -0.05) is 11.6 Å². The molecule has 2 aromatic heterocycles. The molecule has 0 unspecified atom stereocenters. The molecular weight excluding hydrogens is 344 g/mol. The number of hydrogen-bond acceptors (Lipinski definition) is 4. The molecular formula is C13H12BrClN4O. The average molecular weight is 356 g/mol. The van der Waals surface area contributed by atoms with Crippen LogP contribution < -0.4 is 10.6 Å². The van der Waals surface area contributed by atoms with Crippen LogP contribution in [-0.4, -0.2) is 22.4 Å². The van der Waals surface area contributed by atoms with E-state index in [1.165, 1.54) is 6.20 Å². The van der Waals surface area contributed by atoms with E-state index in [1.54, 1.807) is 24.4 Å². The number of pyridine rings is 2. The maximum atomic E-state index is 12.0. The summed E-state index contributed by atoms with van der Waals surface area (Å²) in [6.45, 7) is 2.65. The number of amides is 1. The van der Waals surface area contributed by atoms with Crippen molar-refractivity contribution in [3.63, 3.8) is 0 Å². The summed E-state index contributed by atoms with van der Waals surface area (Å²) in [7, 11) is 0. The number of halogens is 2. The predicted octanol–water partition coefficient (Wildman–Crippen LogP) is 3.58. The fraction of sp³-hybridized carbons (Fsp3) is 0.154. The Morgan fingerprint density at radius 2 is 2.15 bits per heavy atom. The quantitative estimate of drug-likeness (QED) is 0.880. The number of carbonyl (C=O) groups is 1. The largest absolute Gasteiger partial charge is 0.369 e. The molecule has 0 aliphatic carbocycles. The third-order valence-electron chi connectivity index (χ3n) is 2.42. The van der Waals surface area contributed by atoms with Gasteiger partial charge in [0.05, 0.1) is 10.6 Å². The van der Waals surface area contributed by atoms with E-state index in [4.69, 9.17) is 11.6 Å². The lowest BCUT2D eigenvalue weighted by Gasteiger charge is -2.07. The minimum atomic E-state index is -0.308. The Morgan fingerprint density at radius 1 is 1.35 bits per heavy atom. The highest BCUT2D eigenvalue weighted by atomic mass is 79.9. The van der Waals surface area contributed by atoms with Crippen molar-refractivity contribution in [1.29, 1.82) is 0 Å². The Morgan fingerprint density at radius 3 is 2.75 bits per heavy atom. The summed E-state index contributed by atoms with van der Waals surface area (Å²) in [5.74, 6) is 0.717. The van der Waals surface area contributed by atoms with Crippen LogP contribution in [0.5, 0.6) is 0 Å². The molecule has 20 heavy (non-hydrogen) atoms. The highest BCUT2D eigenvalue weighted by Gasteiger charge is 2.10. The number of nitrogens with zero attached hydrogens (tertiary/aromatic N) is 2. The van der Waals surface area contributed by atoms with Gasteiger partial charge in [0.1, 0.15) is 11.6 Å². The summed E-state index contributed by atoms with van der Waals surface area (Å²) in [5.41, 5.74) is 0.376. The van der Waals surface area contributed by atoms with E-state index >= 15 is 0 Å². The van der Waals surface area contributed by atoms with Crippen molar-refractivity contribution in [3.8, 4) is 0 Å². The SMILES string of the molecule is CCNc1ncc(C(=O)Nc2ccc(Br)cn2)cc1Cl. The van der Waals surface area contributed by atoms with Gasteiger partial charge in [-0.15, -0.1) is 0 Å². The molecule has 1 amide bonds. The minimum Gasteiger partial charge on any atom is -0.369 e. The number of anilines is 2. The third kappa shape index (κ3) is 3.68. The van der Waals surface area contributed by atoms with Crippen LogP contribution in [0.1, 0.15) is 17.3 Å². The molecule has 2 rings (SSSR count). The van der Waals surface area contributed by atoms with Crippen molar-refractivity contribution in [2.75, 3.05) is 17.2 Å². The molecule has 0 bridgehead atoms. The monoisotopic (exact) mass is 354 g/mol. The minimum absolute atomic E-state index is 0.308. The number of hydrogen-bond donors (Lipinski definition) is 2. The highest BCUT2D eigenvalue weighted by molar-refractivity contribution is 9.10. The molecule has 0 atom stereocenters. The van der Waals surface area contributed by atoms with Crippen LogP contribution in [0.25, 0.3) is 0 Å². The van der Waals surface area contributed by atoms with E-state index in [9.17, 15) is 4.79 Å². The van der Waals surface area contributed by atoms with E-state index in [2.05, 4.69) is 36.5 Å². The van der Waals surface area contributed by atoms with Gasteiger partial charge in [-0.2, -0.15) is 0 Å². The smallest absolute Gasteiger partial charge is 0.258 e. The Hall–Kier alpha value is -1.66. The fourth-order valence-electron chi connectivity index (χ4n) is 1.50. The standard InChI is InChI=1S/C13H12BrClN4O/c1-2-16-12-10(15)5-8(6-18-12)13(20)19-11-4-3-9(14)7-17-11/h3-7H,2H2,1H3,(H,16,18)(H,17,19,20). The van der Waals surface area contributed by atoms with Crippen molar-refractivity contribution < 1.29 is 4.79 Å². The Labute approximate surface area is 129 Å². The summed E-state index contributed by atoms with van der Waals surface area (Å²) < 4.78 is 0.843. The number of nitrogens with one attached hydrogen (secondary N) is 2. The first kappa shape index (κ1) is 14.7. The number of carbonyl (C=O) groups excluding carboxylic acids is 1. The van der Waals surface area contributed by atoms with E-state index in [0.717, 1.165) is 4.47 Å². The van der Waals surface area contributed by atoms with Gasteiger partial charge in [-0.3, -0.25) is 4.79 Å². The van der Waals surface area contributed by atoms with Crippen LogP contribution in [0, 0.1) is 0 Å². The van der Waals surface area contributed by atoms with Gasteiger partial charge in [0.15, 0.2) is 0 Å². The maximum absolute atomic E-state index is 12.0. The zero-order valence-electron chi connectivity index (χ0n) is 10.7. The van der Waals surface area contributed by atoms with Crippen LogP contribution >= 0.6 is 27.5 Å². The van der Waals surface area contributed by atoms with Gasteiger partial charge < -0.3 is 10.6 Å². The molecule has 5 nitrogen and oxygen atoms in total. The van der Waals surface area contributed by atoms with Crippen molar-refractivity contribution >= 4 is 45.1 Å². The zero-order chi connectivity index (χ0) is 14.5. The second-order valence-electron chi connectivity index (χ2n) is 3.90. The summed E-state index contributed by atoms with van der Waals surface area (Å²) in [6.07, 6.45) is 3.08. The molecule has 0 aliphatic heterocycles. The molecule has 0 spiro atoms. The zero-order valence-corrected chi connectivity index (χ0v) is 13.0. The topological polar surface area (TPSA) is 66.9 Å². The van der Waals surface area contributed by atoms with E-state index in [1.807, 2.05) is 6.92 Å². The van der Waals surface area contributed by atoms with Gasteiger partial charge >= 0.3 is 0 Å². The van der Waals surface area contributed by atoms with Crippen LogP contribution in [0.15, 0.2) is 35.1 Å². The van der Waals surface area contributed by atoms with E-state index < -0.39 is 0 Å². The number of aromatic nitrogens is 2. The molecule has 104 valence electrons. The Balaban J connectivity index is 2.13. The number of rotatable bonds is 4. The molecule has 7 heteroatoms. The van der Waals surface area contributed by atoms with Crippen LogP contribution in [-0.2, 0) is 0 Å². The molecule has 0 saturated heterocycles. The molecule has 0 aromatic carbocycles. The van der Waals surface area contributed by atoms with Gasteiger partial charge in [0, 0.05) is 23.4 Å². The lowest BCUT2D eigenvalue weighted by Crippen LogP contribution is -2.13. The molecule has 2 N–H and O–H groups in total. The highest BCUT2D eigenvalue weighted by Crippen LogP contribution is 2.20. The summed E-state index contributed by atoms with van der Waals surface area (Å²) >= 11 is 9.33. The average Bonchev–Trinajstić information content (AvgIpc) is 2.44. The first-order valence-electron chi connectivity index (χ1n) is 5.92. The van der Waals surface area contributed by atoms with Gasteiger partial charge in [-0.25, -0.2) is 9.97 Å². The Bertz CT molecular complexity index is 618. The summed E-state index contributed by atoms with van der Waals surface area (Å²) in [5, 5.41) is 6.09. The summed E-state index contributed by atoms with van der Waals surface area (Å²) in [6, 6.07) is 5.06. The van der Waals surface area contributed by atoms with E-state index in [0.29, 0.717) is 28.8 Å². The molecule has 0 aliphatic rings. The van der Waals surface area contributed by atoms with Crippen molar-refractivity contribution in [2.24, 2.45) is 0 Å². The maximum Gasteiger partial charge on any atom is 0.258 e. The first-order valence-corrected chi connectivity index (χ1v) is 7.09. The molecule has 0 radical (unpaired) electrons. The lowest BCUT2D eigenvalue weighted by atomic mass is 10.2. The molecule has 2 aromatic rings. The second kappa shape index (κ2) is 6.67. The second-order valence-corrected chi connectivity index (χ2v) is 5.22. The van der Waals surface area contributed by atoms with Gasteiger partial charge in [-0.05, 0) is 41.1 Å². The Kier molecular flexibility index (Phi) is 4.92. The summed E-state index contributed by atoms with van der Waals surface area (Å²) in [4.78, 5) is 20.2. The van der Waals surface area contributed by atoms with Crippen LogP contribution in [0.3, 0.4) is 0 Å². The van der Waals surface area contributed by atoms with Crippen molar-refractivity contribution in [3.05, 3.63) is 45.7 Å². The van der Waals surface area contributed by atoms with Crippen molar-refractivity contribution in [1.82, 2.24) is 9.97 Å². The molecule has 2 heterocycles. The first-order chi connectivity index (χ1) is 9.60. The van der Waals surface area contributed by atoms with Crippen LogP contribution in [0.4, 0.5) is 11.6 Å². The third-order valence-corrected chi connectivity index (χ3v) is 3.17. The van der Waals surface area contributed by atoms with Crippen LogP contribution in [0.2, 0.25) is 5.02 Å². The van der Waals surface area contributed by atoms with Crippen molar-refractivity contribution in [2.45, 2.75) is 6.92 Å². The van der Waals surface area contributed by atoms with E-state index in [-0.39, 0.29) is 5.91 Å². The molecule has 0 saturated carbocycles.